The molecular formula is C17H25NO3. The molecule has 0 radical (unpaired) electrons. The summed E-state index contributed by atoms with van der Waals surface area (Å²) in [7, 11) is 0. The zero-order valence-electron chi connectivity index (χ0n) is 12.9. The number of likely N-dealkylation sites (tertiary alicyclic amines) is 1. The normalized spacial score (nSPS) is 26.8. The van der Waals surface area contributed by atoms with Gasteiger partial charge in [0.15, 0.2) is 11.5 Å². The van der Waals surface area contributed by atoms with E-state index in [-0.39, 0.29) is 0 Å². The first-order valence-electron chi connectivity index (χ1n) is 8.02. The molecule has 4 nitrogen and oxygen atoms in total. The first-order chi connectivity index (χ1) is 10.2. The van der Waals surface area contributed by atoms with Gasteiger partial charge in [-0.2, -0.15) is 0 Å². The Hall–Kier alpha value is -1.26. The molecule has 0 saturated carbocycles. The van der Waals surface area contributed by atoms with Crippen molar-refractivity contribution in [2.24, 2.45) is 0 Å². The Balaban J connectivity index is 1.71. The van der Waals surface area contributed by atoms with E-state index in [1.54, 1.807) is 0 Å². The van der Waals surface area contributed by atoms with E-state index >= 15 is 0 Å². The summed E-state index contributed by atoms with van der Waals surface area (Å²) in [5, 5.41) is 10.6. The molecule has 1 saturated heterocycles. The topological polar surface area (TPSA) is 41.9 Å². The molecule has 1 aromatic rings. The second-order valence-electron chi connectivity index (χ2n) is 6.10. The number of aliphatic hydroxyl groups excluding tert-OH is 1. The number of nitrogens with zero attached hydrogens (tertiary/aromatic N) is 1. The molecule has 0 bridgehead atoms. The fraction of sp³-hybridized carbons (Fsp3) is 0.647. The summed E-state index contributed by atoms with van der Waals surface area (Å²) >= 11 is 0. The summed E-state index contributed by atoms with van der Waals surface area (Å²) in [6.45, 7) is 6.35. The number of fused-ring (bicyclic) bond motifs is 1. The SMILES string of the molecule is CCC1CCC(C)N1CC(O)c1ccc2c(c1)OCCO2. The summed E-state index contributed by atoms with van der Waals surface area (Å²) in [6, 6.07) is 6.92. The molecule has 21 heavy (non-hydrogen) atoms. The van der Waals surface area contributed by atoms with Gasteiger partial charge in [0.25, 0.3) is 0 Å². The molecule has 0 aromatic heterocycles. The smallest absolute Gasteiger partial charge is 0.161 e. The van der Waals surface area contributed by atoms with Crippen LogP contribution in [0.5, 0.6) is 11.5 Å². The highest BCUT2D eigenvalue weighted by Gasteiger charge is 2.31. The van der Waals surface area contributed by atoms with E-state index in [4.69, 9.17) is 9.47 Å². The maximum absolute atomic E-state index is 10.6. The molecule has 2 aliphatic heterocycles. The Morgan fingerprint density at radius 1 is 1.24 bits per heavy atom. The average Bonchev–Trinajstić information content (AvgIpc) is 2.87. The largest absolute Gasteiger partial charge is 0.486 e. The third-order valence-corrected chi connectivity index (χ3v) is 4.76. The summed E-state index contributed by atoms with van der Waals surface area (Å²) in [5.41, 5.74) is 0.910. The lowest BCUT2D eigenvalue weighted by molar-refractivity contribution is 0.0854. The summed E-state index contributed by atoms with van der Waals surface area (Å²) < 4.78 is 11.1. The zero-order chi connectivity index (χ0) is 14.8. The van der Waals surface area contributed by atoms with E-state index in [2.05, 4.69) is 18.7 Å². The van der Waals surface area contributed by atoms with Gasteiger partial charge in [0, 0.05) is 18.6 Å². The van der Waals surface area contributed by atoms with Gasteiger partial charge in [0.2, 0.25) is 0 Å². The fourth-order valence-corrected chi connectivity index (χ4v) is 3.47. The number of benzene rings is 1. The first kappa shape index (κ1) is 14.7. The van der Waals surface area contributed by atoms with E-state index in [9.17, 15) is 5.11 Å². The van der Waals surface area contributed by atoms with Gasteiger partial charge in [-0.3, -0.25) is 4.90 Å². The van der Waals surface area contributed by atoms with E-state index in [0.717, 1.165) is 23.5 Å². The van der Waals surface area contributed by atoms with Crippen LogP contribution in [0, 0.1) is 0 Å². The van der Waals surface area contributed by atoms with Crippen molar-refractivity contribution >= 4 is 0 Å². The number of hydrogen-bond acceptors (Lipinski definition) is 4. The predicted octanol–water partition coefficient (Wildman–Crippen LogP) is 2.75. The fourth-order valence-electron chi connectivity index (χ4n) is 3.47. The van der Waals surface area contributed by atoms with Crippen LogP contribution < -0.4 is 9.47 Å². The molecular weight excluding hydrogens is 266 g/mol. The Bertz CT molecular complexity index is 491. The third kappa shape index (κ3) is 3.01. The molecule has 4 heteroatoms. The number of aliphatic hydroxyl groups is 1. The lowest BCUT2D eigenvalue weighted by atomic mass is 10.1. The van der Waals surface area contributed by atoms with Crippen LogP contribution in [-0.4, -0.2) is 41.8 Å². The molecule has 2 heterocycles. The highest BCUT2D eigenvalue weighted by molar-refractivity contribution is 5.44. The van der Waals surface area contributed by atoms with Crippen LogP contribution in [-0.2, 0) is 0 Å². The van der Waals surface area contributed by atoms with Crippen molar-refractivity contribution in [1.29, 1.82) is 0 Å². The first-order valence-corrected chi connectivity index (χ1v) is 8.02. The number of β-amino-alcohol motifs (C(OH)–C–C–N with tert-alkyl or cyclic N) is 1. The molecule has 1 aromatic carbocycles. The van der Waals surface area contributed by atoms with Crippen LogP contribution in [0.2, 0.25) is 0 Å². The van der Waals surface area contributed by atoms with Gasteiger partial charge >= 0.3 is 0 Å². The number of hydrogen-bond donors (Lipinski definition) is 1. The summed E-state index contributed by atoms with van der Waals surface area (Å²) in [6.07, 6.45) is 3.14. The van der Waals surface area contributed by atoms with Gasteiger partial charge in [-0.25, -0.2) is 0 Å². The third-order valence-electron chi connectivity index (χ3n) is 4.76. The van der Waals surface area contributed by atoms with E-state index in [1.165, 1.54) is 12.8 Å². The van der Waals surface area contributed by atoms with Gasteiger partial charge in [-0.1, -0.05) is 13.0 Å². The van der Waals surface area contributed by atoms with Crippen LogP contribution in [0.3, 0.4) is 0 Å². The van der Waals surface area contributed by atoms with Crippen molar-refractivity contribution in [2.45, 2.75) is 51.3 Å². The summed E-state index contributed by atoms with van der Waals surface area (Å²) in [5.74, 6) is 1.53. The molecule has 0 spiro atoms. The van der Waals surface area contributed by atoms with Crippen LogP contribution in [0.4, 0.5) is 0 Å². The van der Waals surface area contributed by atoms with E-state index in [1.807, 2.05) is 18.2 Å². The number of ether oxygens (including phenoxy) is 2. The highest BCUT2D eigenvalue weighted by atomic mass is 16.6. The molecule has 2 aliphatic rings. The molecule has 1 fully saturated rings. The Labute approximate surface area is 126 Å². The van der Waals surface area contributed by atoms with Crippen molar-refractivity contribution in [3.63, 3.8) is 0 Å². The molecule has 0 aliphatic carbocycles. The maximum atomic E-state index is 10.6. The maximum Gasteiger partial charge on any atom is 0.161 e. The van der Waals surface area contributed by atoms with Crippen LogP contribution in [0.1, 0.15) is 44.8 Å². The quantitative estimate of drug-likeness (QED) is 0.926. The minimum Gasteiger partial charge on any atom is -0.486 e. The molecule has 0 amide bonds. The minimum absolute atomic E-state index is 0.476. The van der Waals surface area contributed by atoms with Crippen molar-refractivity contribution in [1.82, 2.24) is 4.90 Å². The van der Waals surface area contributed by atoms with Gasteiger partial charge in [-0.05, 0) is 43.9 Å². The lowest BCUT2D eigenvalue weighted by Gasteiger charge is -2.30. The van der Waals surface area contributed by atoms with Crippen LogP contribution >= 0.6 is 0 Å². The second-order valence-corrected chi connectivity index (χ2v) is 6.10. The zero-order valence-corrected chi connectivity index (χ0v) is 12.9. The minimum atomic E-state index is -0.476. The van der Waals surface area contributed by atoms with Crippen molar-refractivity contribution in [2.75, 3.05) is 19.8 Å². The molecule has 3 rings (SSSR count). The molecule has 3 atom stereocenters. The average molecular weight is 291 g/mol. The predicted molar refractivity (Wildman–Crippen MR) is 81.9 cm³/mol. The van der Waals surface area contributed by atoms with Gasteiger partial charge in [-0.15, -0.1) is 0 Å². The van der Waals surface area contributed by atoms with E-state index in [0.29, 0.717) is 31.8 Å². The number of rotatable bonds is 4. The van der Waals surface area contributed by atoms with Gasteiger partial charge in [0.1, 0.15) is 13.2 Å². The van der Waals surface area contributed by atoms with Crippen LogP contribution in [0.15, 0.2) is 18.2 Å². The van der Waals surface area contributed by atoms with Crippen LogP contribution in [0.25, 0.3) is 0 Å². The van der Waals surface area contributed by atoms with Crippen molar-refractivity contribution < 1.29 is 14.6 Å². The summed E-state index contributed by atoms with van der Waals surface area (Å²) in [4.78, 5) is 2.45. The van der Waals surface area contributed by atoms with Crippen molar-refractivity contribution in [3.8, 4) is 11.5 Å². The molecule has 116 valence electrons. The van der Waals surface area contributed by atoms with E-state index < -0.39 is 6.10 Å². The Morgan fingerprint density at radius 2 is 2.00 bits per heavy atom. The highest BCUT2D eigenvalue weighted by Crippen LogP contribution is 2.34. The monoisotopic (exact) mass is 291 g/mol. The Kier molecular flexibility index (Phi) is 4.36. The second kappa shape index (κ2) is 6.24. The lowest BCUT2D eigenvalue weighted by Crippen LogP contribution is -2.37. The van der Waals surface area contributed by atoms with Crippen molar-refractivity contribution in [3.05, 3.63) is 23.8 Å². The molecule has 3 unspecified atom stereocenters. The molecule has 1 N–H and O–H groups in total. The van der Waals surface area contributed by atoms with Gasteiger partial charge < -0.3 is 14.6 Å². The standard InChI is InChI=1S/C17H25NO3/c1-3-14-6-4-12(2)18(14)11-15(19)13-5-7-16-17(10-13)21-9-8-20-16/h5,7,10,12,14-15,19H,3-4,6,8-9,11H2,1-2H3. The van der Waals surface area contributed by atoms with Gasteiger partial charge in [0.05, 0.1) is 6.10 Å². The Morgan fingerprint density at radius 3 is 2.76 bits per heavy atom.